The summed E-state index contributed by atoms with van der Waals surface area (Å²) in [6, 6.07) is 3.70. The highest BCUT2D eigenvalue weighted by Gasteiger charge is 2.20. The van der Waals surface area contributed by atoms with Crippen LogP contribution in [0.3, 0.4) is 0 Å². The number of esters is 1. The molecule has 0 radical (unpaired) electrons. The van der Waals surface area contributed by atoms with Gasteiger partial charge in [-0.2, -0.15) is 0 Å². The molecule has 0 saturated carbocycles. The summed E-state index contributed by atoms with van der Waals surface area (Å²) in [5.41, 5.74) is -0.268. The van der Waals surface area contributed by atoms with Crippen molar-refractivity contribution in [2.45, 2.75) is 20.3 Å². The largest absolute Gasteiger partial charge is 0.419 e. The van der Waals surface area contributed by atoms with Crippen molar-refractivity contribution < 1.29 is 19.2 Å². The second-order valence-electron chi connectivity index (χ2n) is 3.63. The zero-order chi connectivity index (χ0) is 14.4. The average molecular weight is 266 g/mol. The van der Waals surface area contributed by atoms with E-state index in [1.54, 1.807) is 13.8 Å². The number of amides is 1. The molecule has 1 amide bonds. The normalized spacial score (nSPS) is 9.79. The Labute approximate surface area is 109 Å². The molecule has 0 aliphatic heterocycles. The van der Waals surface area contributed by atoms with E-state index in [1.807, 2.05) is 0 Å². The highest BCUT2D eigenvalue weighted by Crippen LogP contribution is 2.28. The third kappa shape index (κ3) is 3.77. The number of rotatable bonds is 5. The maximum absolute atomic E-state index is 11.6. The monoisotopic (exact) mass is 266 g/mol. The summed E-state index contributed by atoms with van der Waals surface area (Å²) in [4.78, 5) is 32.9. The van der Waals surface area contributed by atoms with Gasteiger partial charge in [0.2, 0.25) is 5.75 Å². The number of nitro groups is 1. The molecule has 1 rings (SSSR count). The van der Waals surface area contributed by atoms with Gasteiger partial charge in [-0.05, 0) is 19.1 Å². The van der Waals surface area contributed by atoms with Crippen molar-refractivity contribution in [2.75, 3.05) is 6.54 Å². The molecule has 1 aromatic carbocycles. The summed E-state index contributed by atoms with van der Waals surface area (Å²) in [6.45, 7) is 3.74. The SMILES string of the molecule is CCNC(=O)c1ccc(OC(=O)CC)c([N+](=O)[O-])c1. The Hall–Kier alpha value is -2.44. The molecule has 102 valence electrons. The second-order valence-corrected chi connectivity index (χ2v) is 3.63. The maximum atomic E-state index is 11.6. The zero-order valence-electron chi connectivity index (χ0n) is 10.6. The molecule has 0 saturated heterocycles. The van der Waals surface area contributed by atoms with E-state index in [1.165, 1.54) is 12.1 Å². The highest BCUT2D eigenvalue weighted by atomic mass is 16.6. The minimum Gasteiger partial charge on any atom is -0.419 e. The van der Waals surface area contributed by atoms with E-state index in [4.69, 9.17) is 4.74 Å². The van der Waals surface area contributed by atoms with Crippen LogP contribution >= 0.6 is 0 Å². The van der Waals surface area contributed by atoms with Crippen LogP contribution in [-0.4, -0.2) is 23.3 Å². The van der Waals surface area contributed by atoms with E-state index < -0.39 is 22.5 Å². The molecule has 19 heavy (non-hydrogen) atoms. The number of carbonyl (C=O) groups excluding carboxylic acids is 2. The molecule has 0 bridgehead atoms. The minimum absolute atomic E-state index is 0.106. The van der Waals surface area contributed by atoms with Crippen LogP contribution in [0.4, 0.5) is 5.69 Å². The summed E-state index contributed by atoms with van der Waals surface area (Å²) in [7, 11) is 0. The van der Waals surface area contributed by atoms with Crippen LogP contribution in [0.1, 0.15) is 30.6 Å². The van der Waals surface area contributed by atoms with Crippen LogP contribution in [0.25, 0.3) is 0 Å². The van der Waals surface area contributed by atoms with Crippen LogP contribution in [0.2, 0.25) is 0 Å². The van der Waals surface area contributed by atoms with Gasteiger partial charge in [-0.15, -0.1) is 0 Å². The van der Waals surface area contributed by atoms with Crippen LogP contribution in [-0.2, 0) is 4.79 Å². The predicted octanol–water partition coefficient (Wildman–Crippen LogP) is 1.66. The molecule has 0 fully saturated rings. The number of benzene rings is 1. The number of nitrogens with one attached hydrogen (secondary N) is 1. The molecule has 0 aromatic heterocycles. The molecule has 1 aromatic rings. The fourth-order valence-corrected chi connectivity index (χ4v) is 1.35. The van der Waals surface area contributed by atoms with E-state index in [0.717, 1.165) is 6.07 Å². The molecule has 0 heterocycles. The van der Waals surface area contributed by atoms with Gasteiger partial charge in [0, 0.05) is 24.6 Å². The van der Waals surface area contributed by atoms with Gasteiger partial charge < -0.3 is 10.1 Å². The lowest BCUT2D eigenvalue weighted by Gasteiger charge is -2.06. The molecule has 0 spiro atoms. The summed E-state index contributed by atoms with van der Waals surface area (Å²) < 4.78 is 4.84. The fourth-order valence-electron chi connectivity index (χ4n) is 1.35. The second kappa shape index (κ2) is 6.48. The summed E-state index contributed by atoms with van der Waals surface area (Å²) >= 11 is 0. The third-order valence-corrected chi connectivity index (χ3v) is 2.27. The van der Waals surface area contributed by atoms with Crippen molar-refractivity contribution in [3.05, 3.63) is 33.9 Å². The molecule has 0 unspecified atom stereocenters. The number of ether oxygens (including phenoxy) is 1. The van der Waals surface area contributed by atoms with Crippen molar-refractivity contribution in [3.8, 4) is 5.75 Å². The number of carbonyl (C=O) groups is 2. The number of nitro benzene ring substituents is 1. The maximum Gasteiger partial charge on any atom is 0.312 e. The fraction of sp³-hybridized carbons (Fsp3) is 0.333. The van der Waals surface area contributed by atoms with Crippen molar-refractivity contribution in [1.82, 2.24) is 5.32 Å². The van der Waals surface area contributed by atoms with Crippen LogP contribution < -0.4 is 10.1 Å². The smallest absolute Gasteiger partial charge is 0.312 e. The predicted molar refractivity (Wildman–Crippen MR) is 67.0 cm³/mol. The third-order valence-electron chi connectivity index (χ3n) is 2.27. The first-order valence-corrected chi connectivity index (χ1v) is 5.76. The Bertz CT molecular complexity index is 513. The number of hydrogen-bond donors (Lipinski definition) is 1. The Morgan fingerprint density at radius 3 is 2.58 bits per heavy atom. The zero-order valence-corrected chi connectivity index (χ0v) is 10.6. The molecular formula is C12H14N2O5. The van der Waals surface area contributed by atoms with Gasteiger partial charge >= 0.3 is 11.7 Å². The van der Waals surface area contributed by atoms with Crippen LogP contribution in [0.5, 0.6) is 5.75 Å². The van der Waals surface area contributed by atoms with Crippen LogP contribution in [0.15, 0.2) is 18.2 Å². The van der Waals surface area contributed by atoms with Crippen molar-refractivity contribution in [1.29, 1.82) is 0 Å². The number of hydrogen-bond acceptors (Lipinski definition) is 5. The van der Waals surface area contributed by atoms with Gasteiger partial charge in [-0.1, -0.05) is 6.92 Å². The van der Waals surface area contributed by atoms with Crippen molar-refractivity contribution in [2.24, 2.45) is 0 Å². The van der Waals surface area contributed by atoms with Crippen molar-refractivity contribution in [3.63, 3.8) is 0 Å². The summed E-state index contributed by atoms with van der Waals surface area (Å²) in [6.07, 6.45) is 0.106. The molecule has 0 aliphatic rings. The van der Waals surface area contributed by atoms with E-state index in [9.17, 15) is 19.7 Å². The first-order valence-electron chi connectivity index (χ1n) is 5.76. The summed E-state index contributed by atoms with van der Waals surface area (Å²) in [5, 5.41) is 13.4. The first kappa shape index (κ1) is 14.6. The summed E-state index contributed by atoms with van der Waals surface area (Å²) in [5.74, 6) is -1.15. The van der Waals surface area contributed by atoms with Gasteiger partial charge in [0.05, 0.1) is 4.92 Å². The van der Waals surface area contributed by atoms with Gasteiger partial charge in [0.25, 0.3) is 5.91 Å². The molecule has 0 aliphatic carbocycles. The van der Waals surface area contributed by atoms with E-state index >= 15 is 0 Å². The Kier molecular flexibility index (Phi) is 4.99. The van der Waals surface area contributed by atoms with Crippen molar-refractivity contribution >= 4 is 17.6 Å². The van der Waals surface area contributed by atoms with Gasteiger partial charge in [0.15, 0.2) is 0 Å². The van der Waals surface area contributed by atoms with Gasteiger partial charge in [-0.25, -0.2) is 0 Å². The molecule has 7 nitrogen and oxygen atoms in total. The average Bonchev–Trinajstić information content (AvgIpc) is 2.38. The quantitative estimate of drug-likeness (QED) is 0.378. The topological polar surface area (TPSA) is 98.5 Å². The van der Waals surface area contributed by atoms with Gasteiger partial charge in [0.1, 0.15) is 0 Å². The van der Waals surface area contributed by atoms with E-state index in [-0.39, 0.29) is 17.7 Å². The molecule has 1 N–H and O–H groups in total. The molecular weight excluding hydrogens is 252 g/mol. The Morgan fingerprint density at radius 2 is 2.05 bits per heavy atom. The number of nitrogens with zero attached hydrogens (tertiary/aromatic N) is 1. The lowest BCUT2D eigenvalue weighted by atomic mass is 10.1. The molecule has 0 atom stereocenters. The Balaban J connectivity index is 3.11. The molecule has 7 heteroatoms. The standard InChI is InChI=1S/C12H14N2O5/c1-3-11(15)19-10-6-5-8(12(16)13-4-2)7-9(10)14(17)18/h5-7H,3-4H2,1-2H3,(H,13,16). The Morgan fingerprint density at radius 1 is 1.37 bits per heavy atom. The first-order chi connectivity index (χ1) is 8.99. The lowest BCUT2D eigenvalue weighted by molar-refractivity contribution is -0.385. The van der Waals surface area contributed by atoms with Gasteiger partial charge in [-0.3, -0.25) is 19.7 Å². The minimum atomic E-state index is -0.693. The lowest BCUT2D eigenvalue weighted by Crippen LogP contribution is -2.22. The van der Waals surface area contributed by atoms with Crippen LogP contribution in [0, 0.1) is 10.1 Å². The highest BCUT2D eigenvalue weighted by molar-refractivity contribution is 5.95. The van der Waals surface area contributed by atoms with E-state index in [0.29, 0.717) is 6.54 Å². The van der Waals surface area contributed by atoms with E-state index in [2.05, 4.69) is 5.32 Å².